The molecule has 4 heteroatoms. The van der Waals surface area contributed by atoms with Crippen molar-refractivity contribution in [3.05, 3.63) is 46.3 Å². The topological polar surface area (TPSA) is 37.8 Å². The van der Waals surface area contributed by atoms with Crippen molar-refractivity contribution in [1.29, 1.82) is 0 Å². The predicted octanol–water partition coefficient (Wildman–Crippen LogP) is 3.60. The van der Waals surface area contributed by atoms with E-state index >= 15 is 0 Å². The number of nitrogens with one attached hydrogen (secondary N) is 1. The number of pyridine rings is 2. The zero-order valence-electron chi connectivity index (χ0n) is 9.16. The van der Waals surface area contributed by atoms with Crippen LogP contribution in [0.25, 0.3) is 0 Å². The van der Waals surface area contributed by atoms with Gasteiger partial charge in [0.1, 0.15) is 5.82 Å². The zero-order valence-corrected chi connectivity index (χ0v) is 10.7. The molecule has 0 spiro atoms. The van der Waals surface area contributed by atoms with Gasteiger partial charge in [-0.25, -0.2) is 4.98 Å². The number of halogens is 1. The van der Waals surface area contributed by atoms with Crippen LogP contribution in [0.2, 0.25) is 0 Å². The van der Waals surface area contributed by atoms with Crippen molar-refractivity contribution in [3.63, 3.8) is 0 Å². The standard InChI is InChI=1S/C12H12BrN3/c1-8-3-5-14-7-10(8)16-12-11(13)9(2)4-6-15-12/h3-7H,1-2H3,(H,15,16). The lowest BCUT2D eigenvalue weighted by atomic mass is 10.2. The van der Waals surface area contributed by atoms with E-state index in [1.807, 2.05) is 26.0 Å². The first-order valence-corrected chi connectivity index (χ1v) is 5.76. The fourth-order valence-corrected chi connectivity index (χ4v) is 1.68. The highest BCUT2D eigenvalue weighted by molar-refractivity contribution is 9.10. The molecule has 0 bridgehead atoms. The molecule has 2 aromatic rings. The van der Waals surface area contributed by atoms with E-state index in [9.17, 15) is 0 Å². The van der Waals surface area contributed by atoms with Crippen LogP contribution in [0, 0.1) is 13.8 Å². The molecule has 0 aliphatic carbocycles. The van der Waals surface area contributed by atoms with Crippen molar-refractivity contribution in [1.82, 2.24) is 9.97 Å². The van der Waals surface area contributed by atoms with Crippen molar-refractivity contribution in [2.75, 3.05) is 5.32 Å². The molecular weight excluding hydrogens is 266 g/mol. The first-order valence-electron chi connectivity index (χ1n) is 4.97. The second kappa shape index (κ2) is 4.61. The highest BCUT2D eigenvalue weighted by atomic mass is 79.9. The molecule has 2 rings (SSSR count). The quantitative estimate of drug-likeness (QED) is 0.912. The Bertz CT molecular complexity index is 511. The lowest BCUT2D eigenvalue weighted by molar-refractivity contribution is 1.22. The van der Waals surface area contributed by atoms with Crippen LogP contribution < -0.4 is 5.32 Å². The van der Waals surface area contributed by atoms with Gasteiger partial charge in [-0.1, -0.05) is 0 Å². The van der Waals surface area contributed by atoms with Gasteiger partial charge in [0.2, 0.25) is 0 Å². The first kappa shape index (κ1) is 11.1. The van der Waals surface area contributed by atoms with Gasteiger partial charge in [-0.05, 0) is 53.0 Å². The largest absolute Gasteiger partial charge is 0.338 e. The third kappa shape index (κ3) is 2.22. The van der Waals surface area contributed by atoms with E-state index in [0.29, 0.717) is 0 Å². The third-order valence-electron chi connectivity index (χ3n) is 2.37. The number of hydrogen-bond donors (Lipinski definition) is 1. The van der Waals surface area contributed by atoms with Crippen LogP contribution in [0.3, 0.4) is 0 Å². The predicted molar refractivity (Wildman–Crippen MR) is 68.9 cm³/mol. The van der Waals surface area contributed by atoms with Crippen molar-refractivity contribution >= 4 is 27.4 Å². The van der Waals surface area contributed by atoms with Gasteiger partial charge < -0.3 is 5.32 Å². The Morgan fingerprint density at radius 1 is 1.12 bits per heavy atom. The number of aryl methyl sites for hydroxylation is 2. The SMILES string of the molecule is Cc1ccncc1Nc1nccc(C)c1Br. The number of rotatable bonds is 2. The van der Waals surface area contributed by atoms with Crippen LogP contribution in [0.4, 0.5) is 11.5 Å². The summed E-state index contributed by atoms with van der Waals surface area (Å²) in [6.07, 6.45) is 5.36. The Morgan fingerprint density at radius 2 is 1.88 bits per heavy atom. The minimum atomic E-state index is 0.816. The molecule has 0 aromatic carbocycles. The van der Waals surface area contributed by atoms with E-state index < -0.39 is 0 Å². The van der Waals surface area contributed by atoms with Crippen molar-refractivity contribution < 1.29 is 0 Å². The Labute approximate surface area is 103 Å². The Kier molecular flexibility index (Phi) is 3.19. The fraction of sp³-hybridized carbons (Fsp3) is 0.167. The number of nitrogens with zero attached hydrogens (tertiary/aromatic N) is 2. The lowest BCUT2D eigenvalue weighted by Gasteiger charge is -2.10. The molecule has 0 saturated heterocycles. The second-order valence-corrected chi connectivity index (χ2v) is 4.40. The molecule has 0 amide bonds. The molecule has 0 fully saturated rings. The summed E-state index contributed by atoms with van der Waals surface area (Å²) in [5, 5.41) is 3.26. The van der Waals surface area contributed by atoms with Crippen LogP contribution in [-0.2, 0) is 0 Å². The minimum Gasteiger partial charge on any atom is -0.338 e. The monoisotopic (exact) mass is 277 g/mol. The summed E-state index contributed by atoms with van der Waals surface area (Å²) in [6, 6.07) is 3.93. The molecule has 0 aliphatic heterocycles. The van der Waals surface area contributed by atoms with Crippen LogP contribution >= 0.6 is 15.9 Å². The normalized spacial score (nSPS) is 10.2. The number of aromatic nitrogens is 2. The maximum absolute atomic E-state index is 4.29. The Balaban J connectivity index is 2.35. The molecule has 16 heavy (non-hydrogen) atoms. The van der Waals surface area contributed by atoms with E-state index in [-0.39, 0.29) is 0 Å². The van der Waals surface area contributed by atoms with Gasteiger partial charge in [0.05, 0.1) is 16.4 Å². The van der Waals surface area contributed by atoms with E-state index in [4.69, 9.17) is 0 Å². The summed E-state index contributed by atoms with van der Waals surface area (Å²) >= 11 is 3.52. The van der Waals surface area contributed by atoms with Gasteiger partial charge in [-0.15, -0.1) is 0 Å². The van der Waals surface area contributed by atoms with Gasteiger partial charge in [0.15, 0.2) is 0 Å². The molecule has 0 saturated carbocycles. The third-order valence-corrected chi connectivity index (χ3v) is 3.38. The average Bonchev–Trinajstić information content (AvgIpc) is 2.28. The zero-order chi connectivity index (χ0) is 11.5. The molecule has 1 N–H and O–H groups in total. The van der Waals surface area contributed by atoms with Gasteiger partial charge in [-0.3, -0.25) is 4.98 Å². The van der Waals surface area contributed by atoms with Crippen molar-refractivity contribution in [2.24, 2.45) is 0 Å². The second-order valence-electron chi connectivity index (χ2n) is 3.61. The van der Waals surface area contributed by atoms with Crippen molar-refractivity contribution in [3.8, 4) is 0 Å². The summed E-state index contributed by atoms with van der Waals surface area (Å²) in [4.78, 5) is 8.38. The van der Waals surface area contributed by atoms with E-state index in [1.54, 1.807) is 18.6 Å². The summed E-state index contributed by atoms with van der Waals surface area (Å²) in [7, 11) is 0. The molecule has 0 unspecified atom stereocenters. The summed E-state index contributed by atoms with van der Waals surface area (Å²) in [5.74, 6) is 0.816. The van der Waals surface area contributed by atoms with E-state index in [0.717, 1.165) is 27.1 Å². The molecular formula is C12H12BrN3. The summed E-state index contributed by atoms with van der Waals surface area (Å²) in [5.41, 5.74) is 3.27. The minimum absolute atomic E-state index is 0.816. The lowest BCUT2D eigenvalue weighted by Crippen LogP contribution is -1.98. The highest BCUT2D eigenvalue weighted by Crippen LogP contribution is 2.27. The van der Waals surface area contributed by atoms with Gasteiger partial charge in [-0.2, -0.15) is 0 Å². The first-order chi connectivity index (χ1) is 7.68. The maximum Gasteiger partial charge on any atom is 0.144 e. The molecule has 2 aromatic heterocycles. The average molecular weight is 278 g/mol. The highest BCUT2D eigenvalue weighted by Gasteiger charge is 2.05. The van der Waals surface area contributed by atoms with E-state index in [1.165, 1.54) is 0 Å². The van der Waals surface area contributed by atoms with Gasteiger partial charge in [0, 0.05) is 12.4 Å². The van der Waals surface area contributed by atoms with Crippen LogP contribution in [0.15, 0.2) is 35.2 Å². The van der Waals surface area contributed by atoms with Crippen LogP contribution in [0.5, 0.6) is 0 Å². The fourth-order valence-electron chi connectivity index (χ4n) is 1.35. The molecule has 82 valence electrons. The molecule has 0 atom stereocenters. The van der Waals surface area contributed by atoms with Crippen LogP contribution in [0.1, 0.15) is 11.1 Å². The van der Waals surface area contributed by atoms with Gasteiger partial charge in [0.25, 0.3) is 0 Å². The molecule has 3 nitrogen and oxygen atoms in total. The Hall–Kier alpha value is -1.42. The summed E-state index contributed by atoms with van der Waals surface area (Å²) < 4.78 is 0.984. The summed E-state index contributed by atoms with van der Waals surface area (Å²) in [6.45, 7) is 4.07. The van der Waals surface area contributed by atoms with E-state index in [2.05, 4.69) is 31.2 Å². The van der Waals surface area contributed by atoms with Gasteiger partial charge >= 0.3 is 0 Å². The molecule has 0 aliphatic rings. The maximum atomic E-state index is 4.29. The smallest absolute Gasteiger partial charge is 0.144 e. The Morgan fingerprint density at radius 3 is 2.62 bits per heavy atom. The van der Waals surface area contributed by atoms with Crippen molar-refractivity contribution in [2.45, 2.75) is 13.8 Å². The molecule has 0 radical (unpaired) electrons. The van der Waals surface area contributed by atoms with Crippen LogP contribution in [-0.4, -0.2) is 9.97 Å². The number of hydrogen-bond acceptors (Lipinski definition) is 3. The number of anilines is 2. The molecule has 2 heterocycles.